The Labute approximate surface area is 272 Å². The average molecular weight is 634 g/mol. The van der Waals surface area contributed by atoms with Crippen molar-refractivity contribution in [3.63, 3.8) is 0 Å². The molecule has 0 fully saturated rings. The second kappa shape index (κ2) is 16.2. The molecule has 1 N–H and O–H groups in total. The number of rotatable bonds is 15. The third-order valence-corrected chi connectivity index (χ3v) is 7.95. The van der Waals surface area contributed by atoms with Gasteiger partial charge in [0.2, 0.25) is 5.13 Å². The number of aromatic nitrogens is 1. The van der Waals surface area contributed by atoms with Crippen LogP contribution in [0, 0.1) is 0 Å². The second-order valence-electron chi connectivity index (χ2n) is 10.4. The molecule has 0 aliphatic heterocycles. The van der Waals surface area contributed by atoms with Crippen molar-refractivity contribution < 1.29 is 23.8 Å². The third kappa shape index (κ3) is 8.89. The summed E-state index contributed by atoms with van der Waals surface area (Å²) in [5, 5.41) is 5.09. The molecule has 5 rings (SSSR count). The lowest BCUT2D eigenvalue weighted by Gasteiger charge is -2.11. The van der Waals surface area contributed by atoms with Gasteiger partial charge in [0, 0.05) is 11.6 Å². The van der Waals surface area contributed by atoms with E-state index in [9.17, 15) is 9.59 Å². The molecule has 46 heavy (non-hydrogen) atoms. The van der Waals surface area contributed by atoms with Crippen LogP contribution in [0.5, 0.6) is 11.5 Å². The van der Waals surface area contributed by atoms with Crippen molar-refractivity contribution in [1.29, 1.82) is 0 Å². The van der Waals surface area contributed by atoms with E-state index < -0.39 is 11.9 Å². The summed E-state index contributed by atoms with van der Waals surface area (Å²) in [4.78, 5) is 28.8. The lowest BCUT2D eigenvalue weighted by Crippen LogP contribution is -2.10. The number of para-hydroxylation sites is 1. The summed E-state index contributed by atoms with van der Waals surface area (Å²) in [6.45, 7) is 6.31. The second-order valence-corrected chi connectivity index (χ2v) is 11.4. The molecule has 234 valence electrons. The molecule has 8 nitrogen and oxygen atoms in total. The van der Waals surface area contributed by atoms with E-state index in [2.05, 4.69) is 53.3 Å². The fraction of sp³-hybridized carbons (Fsp3) is 0.189. The highest BCUT2D eigenvalue weighted by Crippen LogP contribution is 2.28. The summed E-state index contributed by atoms with van der Waals surface area (Å²) in [6, 6.07) is 28.9. The number of esters is 2. The number of nitrogens with zero attached hydrogens (tertiary/aromatic N) is 2. The zero-order chi connectivity index (χ0) is 32.1. The molecule has 1 aromatic heterocycles. The Morgan fingerprint density at radius 1 is 0.935 bits per heavy atom. The molecule has 0 saturated carbocycles. The monoisotopic (exact) mass is 633 g/mol. The fourth-order valence-electron chi connectivity index (χ4n) is 4.62. The highest BCUT2D eigenvalue weighted by molar-refractivity contribution is 7.22. The smallest absolute Gasteiger partial charge is 0.343 e. The Morgan fingerprint density at radius 3 is 2.46 bits per heavy atom. The third-order valence-electron chi connectivity index (χ3n) is 7.00. The van der Waals surface area contributed by atoms with Gasteiger partial charge in [-0.3, -0.25) is 5.43 Å². The van der Waals surface area contributed by atoms with Crippen LogP contribution in [0.4, 0.5) is 5.13 Å². The SMILES string of the molecule is C=CC(=O)OCCCCOc1ccc(C(=O)Oc2ccc(-c3ccc(CCC)cc3)cc2/C=N/Nc2nc3ccccc3s2)cc1. The summed E-state index contributed by atoms with van der Waals surface area (Å²) in [7, 11) is 0. The first kappa shape index (κ1) is 32.1. The summed E-state index contributed by atoms with van der Waals surface area (Å²) < 4.78 is 17.6. The van der Waals surface area contributed by atoms with Gasteiger partial charge in [-0.2, -0.15) is 5.10 Å². The molecule has 0 radical (unpaired) electrons. The lowest BCUT2D eigenvalue weighted by molar-refractivity contribution is -0.137. The van der Waals surface area contributed by atoms with Crippen LogP contribution < -0.4 is 14.9 Å². The molecule has 0 amide bonds. The Kier molecular flexibility index (Phi) is 11.3. The molecule has 0 spiro atoms. The van der Waals surface area contributed by atoms with Crippen molar-refractivity contribution in [2.75, 3.05) is 18.6 Å². The van der Waals surface area contributed by atoms with E-state index in [1.54, 1.807) is 36.5 Å². The van der Waals surface area contributed by atoms with E-state index in [1.807, 2.05) is 36.4 Å². The van der Waals surface area contributed by atoms with E-state index in [0.29, 0.717) is 53.8 Å². The standard InChI is InChI=1S/C37H35N3O5S/c1-3-9-26-12-14-27(15-13-26)29-18-21-33(30(24-29)25-38-40-37-39-32-10-5-6-11-34(32)46-37)45-36(42)28-16-19-31(20-17-28)43-22-7-8-23-44-35(41)4-2/h4-6,10-21,24-25H,2-3,7-9,22-23H2,1H3,(H,39,40)/b38-25+. The minimum Gasteiger partial charge on any atom is -0.494 e. The maximum atomic E-state index is 13.2. The number of hydrazone groups is 1. The topological polar surface area (TPSA) is 99.1 Å². The number of carbonyl (C=O) groups excluding carboxylic acids is 2. The van der Waals surface area contributed by atoms with E-state index in [4.69, 9.17) is 14.2 Å². The zero-order valence-electron chi connectivity index (χ0n) is 25.6. The summed E-state index contributed by atoms with van der Waals surface area (Å²) in [5.74, 6) is 0.0735. The predicted molar refractivity (Wildman–Crippen MR) is 184 cm³/mol. The van der Waals surface area contributed by atoms with Crippen LogP contribution >= 0.6 is 11.3 Å². The highest BCUT2D eigenvalue weighted by Gasteiger charge is 2.13. The van der Waals surface area contributed by atoms with E-state index in [-0.39, 0.29) is 0 Å². The predicted octanol–water partition coefficient (Wildman–Crippen LogP) is 8.47. The summed E-state index contributed by atoms with van der Waals surface area (Å²) in [5.41, 5.74) is 8.26. The quantitative estimate of drug-likeness (QED) is 0.0308. The van der Waals surface area contributed by atoms with Gasteiger partial charge in [0.25, 0.3) is 0 Å². The number of anilines is 1. The van der Waals surface area contributed by atoms with Gasteiger partial charge in [-0.15, -0.1) is 0 Å². The van der Waals surface area contributed by atoms with Crippen molar-refractivity contribution >= 4 is 44.8 Å². The number of unbranched alkanes of at least 4 members (excludes halogenated alkanes) is 1. The molecular formula is C37H35N3O5S. The van der Waals surface area contributed by atoms with Gasteiger partial charge in [0.1, 0.15) is 11.5 Å². The molecule has 4 aromatic carbocycles. The highest BCUT2D eigenvalue weighted by atomic mass is 32.1. The number of aryl methyl sites for hydroxylation is 1. The van der Waals surface area contributed by atoms with Crippen molar-refractivity contribution in [3.05, 3.63) is 120 Å². The summed E-state index contributed by atoms with van der Waals surface area (Å²) in [6.07, 6.45) is 6.29. The molecule has 1 heterocycles. The van der Waals surface area contributed by atoms with Crippen molar-refractivity contribution in [2.45, 2.75) is 32.6 Å². The van der Waals surface area contributed by atoms with Gasteiger partial charge < -0.3 is 14.2 Å². The number of benzene rings is 4. The number of ether oxygens (including phenoxy) is 3. The zero-order valence-corrected chi connectivity index (χ0v) is 26.4. The van der Waals surface area contributed by atoms with Crippen LogP contribution in [0.15, 0.2) is 109 Å². The molecular weight excluding hydrogens is 598 g/mol. The Bertz CT molecular complexity index is 1780. The largest absolute Gasteiger partial charge is 0.494 e. The molecule has 0 aliphatic carbocycles. The van der Waals surface area contributed by atoms with Gasteiger partial charge in [-0.1, -0.05) is 73.7 Å². The minimum absolute atomic E-state index is 0.315. The van der Waals surface area contributed by atoms with Crippen LogP contribution in [-0.2, 0) is 16.0 Å². The number of thiazole rings is 1. The molecule has 0 aliphatic rings. The number of hydrogen-bond acceptors (Lipinski definition) is 9. The van der Waals surface area contributed by atoms with Crippen LogP contribution in [0.1, 0.15) is 47.7 Å². The molecule has 9 heteroatoms. The van der Waals surface area contributed by atoms with Gasteiger partial charge in [0.05, 0.1) is 35.2 Å². The van der Waals surface area contributed by atoms with Gasteiger partial charge in [-0.05, 0) is 84.5 Å². The number of carbonyl (C=O) groups is 2. The number of hydrogen-bond donors (Lipinski definition) is 1. The Morgan fingerprint density at radius 2 is 1.70 bits per heavy atom. The Balaban J connectivity index is 1.27. The van der Waals surface area contributed by atoms with Crippen LogP contribution in [0.3, 0.4) is 0 Å². The van der Waals surface area contributed by atoms with Gasteiger partial charge in [-0.25, -0.2) is 14.6 Å². The first-order valence-corrected chi connectivity index (χ1v) is 16.0. The van der Waals surface area contributed by atoms with Crippen LogP contribution in [0.2, 0.25) is 0 Å². The fourth-order valence-corrected chi connectivity index (χ4v) is 5.44. The van der Waals surface area contributed by atoms with Gasteiger partial charge >= 0.3 is 11.9 Å². The molecule has 0 bridgehead atoms. The molecule has 0 atom stereocenters. The Hall–Kier alpha value is -5.28. The maximum Gasteiger partial charge on any atom is 0.343 e. The molecule has 0 unspecified atom stereocenters. The van der Waals surface area contributed by atoms with E-state index in [1.165, 1.54) is 16.9 Å². The number of nitrogens with one attached hydrogen (secondary N) is 1. The van der Waals surface area contributed by atoms with E-state index in [0.717, 1.165) is 40.3 Å². The molecule has 0 saturated heterocycles. The minimum atomic E-state index is -0.499. The van der Waals surface area contributed by atoms with Crippen molar-refractivity contribution in [2.24, 2.45) is 5.10 Å². The van der Waals surface area contributed by atoms with Crippen molar-refractivity contribution in [3.8, 4) is 22.6 Å². The van der Waals surface area contributed by atoms with Crippen LogP contribution in [-0.4, -0.2) is 36.4 Å². The maximum absolute atomic E-state index is 13.2. The van der Waals surface area contributed by atoms with E-state index >= 15 is 0 Å². The first-order chi connectivity index (χ1) is 22.5. The summed E-state index contributed by atoms with van der Waals surface area (Å²) >= 11 is 1.51. The van der Waals surface area contributed by atoms with Gasteiger partial charge in [0.15, 0.2) is 0 Å². The van der Waals surface area contributed by atoms with Crippen LogP contribution in [0.25, 0.3) is 21.3 Å². The average Bonchev–Trinajstić information content (AvgIpc) is 3.50. The van der Waals surface area contributed by atoms with Crippen molar-refractivity contribution in [1.82, 2.24) is 4.98 Å². The molecule has 5 aromatic rings. The first-order valence-electron chi connectivity index (χ1n) is 15.1. The normalized spacial score (nSPS) is 11.0. The lowest BCUT2D eigenvalue weighted by atomic mass is 10.0. The number of fused-ring (bicyclic) bond motifs is 1.